The maximum atomic E-state index is 6.87. The van der Waals surface area contributed by atoms with Crippen LogP contribution >= 0.6 is 0 Å². The maximum Gasteiger partial charge on any atom is 0.143 e. The molecular formula is C57H39NO2. The maximum absolute atomic E-state index is 6.87. The summed E-state index contributed by atoms with van der Waals surface area (Å²) in [7, 11) is 0. The third-order valence-corrected chi connectivity index (χ3v) is 12.7. The highest BCUT2D eigenvalue weighted by molar-refractivity contribution is 6.27. The van der Waals surface area contributed by atoms with Gasteiger partial charge in [0.15, 0.2) is 0 Å². The van der Waals surface area contributed by atoms with Gasteiger partial charge in [0.05, 0.1) is 0 Å². The number of nitrogens with zero attached hydrogens (tertiary/aromatic N) is 1. The first kappa shape index (κ1) is 34.4. The van der Waals surface area contributed by atoms with E-state index in [0.29, 0.717) is 0 Å². The highest BCUT2D eigenvalue weighted by atomic mass is 16.3. The SMILES string of the molecule is CC1(C)c2ccccc2-c2ccc(N(c3ccc(-c4ccccc4)cc3)c3ccc(-c4ccc5c(oc6ccc7oc8ccccc8c7c65)c4-c4ccccc4)cc3)cc21. The Hall–Kier alpha value is -7.62. The number of hydrogen-bond acceptors (Lipinski definition) is 3. The van der Waals surface area contributed by atoms with Crippen LogP contribution < -0.4 is 4.90 Å². The Morgan fingerprint density at radius 1 is 0.367 bits per heavy atom. The fraction of sp³-hybridized carbons (Fsp3) is 0.0526. The van der Waals surface area contributed by atoms with Crippen LogP contribution in [0.15, 0.2) is 209 Å². The molecule has 12 rings (SSSR count). The number of para-hydroxylation sites is 1. The Labute approximate surface area is 348 Å². The second-order valence-electron chi connectivity index (χ2n) is 16.4. The number of furan rings is 2. The average Bonchev–Trinajstić information content (AvgIpc) is 3.94. The van der Waals surface area contributed by atoms with Crippen molar-refractivity contribution < 1.29 is 8.83 Å². The summed E-state index contributed by atoms with van der Waals surface area (Å²) in [4.78, 5) is 2.39. The van der Waals surface area contributed by atoms with E-state index in [2.05, 4.69) is 195 Å². The molecule has 2 heterocycles. The first-order valence-corrected chi connectivity index (χ1v) is 20.7. The molecule has 1 aliphatic carbocycles. The second-order valence-corrected chi connectivity index (χ2v) is 16.4. The Kier molecular flexibility index (Phi) is 7.58. The summed E-state index contributed by atoms with van der Waals surface area (Å²) < 4.78 is 13.2. The largest absolute Gasteiger partial charge is 0.456 e. The Morgan fingerprint density at radius 3 is 1.67 bits per heavy atom. The lowest BCUT2D eigenvalue weighted by molar-refractivity contribution is 0.660. The lowest BCUT2D eigenvalue weighted by Crippen LogP contribution is -2.16. The fourth-order valence-corrected chi connectivity index (χ4v) is 9.78. The molecule has 0 radical (unpaired) electrons. The molecule has 0 N–H and O–H groups in total. The molecular weight excluding hydrogens is 731 g/mol. The van der Waals surface area contributed by atoms with Gasteiger partial charge in [0, 0.05) is 49.6 Å². The van der Waals surface area contributed by atoms with Crippen LogP contribution in [0.4, 0.5) is 17.1 Å². The van der Waals surface area contributed by atoms with Gasteiger partial charge in [-0.15, -0.1) is 0 Å². The molecule has 60 heavy (non-hydrogen) atoms. The van der Waals surface area contributed by atoms with E-state index in [4.69, 9.17) is 8.83 Å². The van der Waals surface area contributed by atoms with E-state index in [1.165, 1.54) is 33.4 Å². The van der Waals surface area contributed by atoms with Crippen LogP contribution in [0, 0.1) is 0 Å². The molecule has 0 aliphatic heterocycles. The van der Waals surface area contributed by atoms with E-state index >= 15 is 0 Å². The number of rotatable bonds is 6. The number of benzene rings is 9. The van der Waals surface area contributed by atoms with Gasteiger partial charge < -0.3 is 13.7 Å². The van der Waals surface area contributed by atoms with Gasteiger partial charge in [-0.05, 0) is 111 Å². The van der Waals surface area contributed by atoms with Gasteiger partial charge in [-0.3, -0.25) is 0 Å². The van der Waals surface area contributed by atoms with Crippen LogP contribution in [-0.4, -0.2) is 0 Å². The summed E-state index contributed by atoms with van der Waals surface area (Å²) in [6.45, 7) is 4.69. The van der Waals surface area contributed by atoms with E-state index in [0.717, 1.165) is 83.2 Å². The van der Waals surface area contributed by atoms with E-state index in [1.807, 2.05) is 24.3 Å². The first-order valence-electron chi connectivity index (χ1n) is 20.7. The number of hydrogen-bond donors (Lipinski definition) is 0. The summed E-state index contributed by atoms with van der Waals surface area (Å²) >= 11 is 0. The van der Waals surface area contributed by atoms with Crippen LogP contribution in [0.3, 0.4) is 0 Å². The van der Waals surface area contributed by atoms with Gasteiger partial charge >= 0.3 is 0 Å². The lowest BCUT2D eigenvalue weighted by atomic mass is 9.82. The van der Waals surface area contributed by atoms with Crippen LogP contribution in [0.1, 0.15) is 25.0 Å². The van der Waals surface area contributed by atoms with Crippen molar-refractivity contribution in [2.75, 3.05) is 4.90 Å². The zero-order valence-corrected chi connectivity index (χ0v) is 33.3. The third kappa shape index (κ3) is 5.22. The Balaban J connectivity index is 1.01. The predicted molar refractivity (Wildman–Crippen MR) is 250 cm³/mol. The van der Waals surface area contributed by atoms with Crippen molar-refractivity contribution in [3.05, 3.63) is 211 Å². The molecule has 0 fully saturated rings. The van der Waals surface area contributed by atoms with E-state index < -0.39 is 0 Å². The van der Waals surface area contributed by atoms with E-state index in [-0.39, 0.29) is 5.41 Å². The van der Waals surface area contributed by atoms with Gasteiger partial charge in [-0.1, -0.05) is 153 Å². The smallest absolute Gasteiger partial charge is 0.143 e. The molecule has 1 aliphatic rings. The van der Waals surface area contributed by atoms with Crippen molar-refractivity contribution in [2.24, 2.45) is 0 Å². The highest BCUT2D eigenvalue weighted by Gasteiger charge is 2.35. The summed E-state index contributed by atoms with van der Waals surface area (Å²) in [6.07, 6.45) is 0. The minimum atomic E-state index is -0.117. The molecule has 9 aromatic carbocycles. The van der Waals surface area contributed by atoms with Gasteiger partial charge in [-0.25, -0.2) is 0 Å². The molecule has 0 unspecified atom stereocenters. The zero-order chi connectivity index (χ0) is 40.0. The predicted octanol–water partition coefficient (Wildman–Crippen LogP) is 16.3. The molecule has 0 amide bonds. The van der Waals surface area contributed by atoms with Gasteiger partial charge in [0.2, 0.25) is 0 Å². The van der Waals surface area contributed by atoms with Crippen molar-refractivity contribution in [1.29, 1.82) is 0 Å². The normalized spacial score (nSPS) is 13.0. The number of anilines is 3. The van der Waals surface area contributed by atoms with Gasteiger partial charge in [0.25, 0.3) is 0 Å². The Bertz CT molecular complexity index is 3430. The number of fused-ring (bicyclic) bond motifs is 10. The quantitative estimate of drug-likeness (QED) is 0.169. The topological polar surface area (TPSA) is 29.5 Å². The van der Waals surface area contributed by atoms with Crippen molar-refractivity contribution >= 4 is 60.9 Å². The van der Waals surface area contributed by atoms with Crippen LogP contribution in [0.2, 0.25) is 0 Å². The lowest BCUT2D eigenvalue weighted by Gasteiger charge is -2.28. The summed E-state index contributed by atoms with van der Waals surface area (Å²) in [5, 5.41) is 4.35. The van der Waals surface area contributed by atoms with Crippen molar-refractivity contribution in [1.82, 2.24) is 0 Å². The second kappa shape index (κ2) is 13.2. The molecule has 0 bridgehead atoms. The summed E-state index contributed by atoms with van der Waals surface area (Å²) in [5.74, 6) is 0. The average molecular weight is 770 g/mol. The van der Waals surface area contributed by atoms with Gasteiger partial charge in [0.1, 0.15) is 22.3 Å². The molecule has 3 heteroatoms. The standard InChI is InChI=1S/C57H39NO2/c1-57(2)48-19-11-9-17-44(48)45-30-29-42(35-49(45)57)58(40-25-21-37(22-26-40)36-13-5-3-6-14-36)41-27-23-38(24-28-41)43-31-32-47-55-52(60-56(47)53(43)39-15-7-4-8-16-39)34-33-51-54(55)46-18-10-12-20-50(46)59-51/h3-35H,1-2H3. The molecule has 0 spiro atoms. The minimum Gasteiger partial charge on any atom is -0.456 e. The molecule has 284 valence electrons. The highest BCUT2D eigenvalue weighted by Crippen LogP contribution is 2.51. The van der Waals surface area contributed by atoms with E-state index in [1.54, 1.807) is 0 Å². The first-order chi connectivity index (χ1) is 29.5. The molecule has 2 aromatic heterocycles. The van der Waals surface area contributed by atoms with Gasteiger partial charge in [-0.2, -0.15) is 0 Å². The van der Waals surface area contributed by atoms with Crippen LogP contribution in [0.25, 0.3) is 88.4 Å². The Morgan fingerprint density at radius 2 is 0.917 bits per heavy atom. The fourth-order valence-electron chi connectivity index (χ4n) is 9.78. The summed E-state index contributed by atoms with van der Waals surface area (Å²) in [5.41, 5.74) is 18.8. The zero-order valence-electron chi connectivity index (χ0n) is 33.3. The van der Waals surface area contributed by atoms with Crippen molar-refractivity contribution in [2.45, 2.75) is 19.3 Å². The monoisotopic (exact) mass is 769 g/mol. The molecule has 0 saturated heterocycles. The minimum absolute atomic E-state index is 0.117. The van der Waals surface area contributed by atoms with E-state index in [9.17, 15) is 0 Å². The van der Waals surface area contributed by atoms with Crippen LogP contribution in [-0.2, 0) is 5.41 Å². The van der Waals surface area contributed by atoms with Crippen molar-refractivity contribution in [3.63, 3.8) is 0 Å². The molecule has 3 nitrogen and oxygen atoms in total. The molecule has 0 saturated carbocycles. The molecule has 0 atom stereocenters. The third-order valence-electron chi connectivity index (χ3n) is 12.7. The van der Waals surface area contributed by atoms with Crippen LogP contribution in [0.5, 0.6) is 0 Å². The molecule has 11 aromatic rings. The van der Waals surface area contributed by atoms with Crippen molar-refractivity contribution in [3.8, 4) is 44.5 Å². The summed E-state index contributed by atoms with van der Waals surface area (Å²) in [6, 6.07) is 71.8.